The van der Waals surface area contributed by atoms with Crippen LogP contribution in [0, 0.1) is 0 Å². The first-order chi connectivity index (χ1) is 14.1. The van der Waals surface area contributed by atoms with Gasteiger partial charge in [0.25, 0.3) is 0 Å². The average molecular weight is 403 g/mol. The average Bonchev–Trinajstić information content (AvgIpc) is 2.74. The van der Waals surface area contributed by atoms with Crippen molar-refractivity contribution in [3.05, 3.63) is 72.9 Å². The second-order valence-corrected chi connectivity index (χ2v) is 6.83. The zero-order valence-electron chi connectivity index (χ0n) is 17.7. The molecule has 162 valence electrons. The van der Waals surface area contributed by atoms with Gasteiger partial charge >= 0.3 is 0 Å². The predicted molar refractivity (Wildman–Crippen MR) is 122 cm³/mol. The third-order valence-electron chi connectivity index (χ3n) is 4.21. The van der Waals surface area contributed by atoms with Crippen molar-refractivity contribution < 1.29 is 20.1 Å². The molecular weight excluding hydrogens is 364 g/mol. The molecule has 0 aromatic carbocycles. The van der Waals surface area contributed by atoms with Crippen LogP contribution in [0.2, 0.25) is 0 Å². The quantitative estimate of drug-likeness (QED) is 0.186. The van der Waals surface area contributed by atoms with E-state index in [0.29, 0.717) is 0 Å². The van der Waals surface area contributed by atoms with Gasteiger partial charge in [0.15, 0.2) is 5.78 Å². The highest BCUT2D eigenvalue weighted by Gasteiger charge is 2.20. The van der Waals surface area contributed by atoms with E-state index in [1.54, 1.807) is 12.2 Å². The number of ketones is 1. The van der Waals surface area contributed by atoms with Crippen molar-refractivity contribution in [2.45, 2.75) is 70.5 Å². The molecule has 0 saturated heterocycles. The summed E-state index contributed by atoms with van der Waals surface area (Å²) in [7, 11) is 0. The Kier molecular flexibility index (Phi) is 19.3. The van der Waals surface area contributed by atoms with E-state index in [1.165, 1.54) is 51.0 Å². The predicted octanol–water partition coefficient (Wildman–Crippen LogP) is 4.75. The molecule has 0 aliphatic heterocycles. The molecule has 0 aromatic heterocycles. The third-order valence-corrected chi connectivity index (χ3v) is 4.21. The fourth-order valence-corrected chi connectivity index (χ4v) is 2.45. The van der Waals surface area contributed by atoms with Gasteiger partial charge in [0, 0.05) is 0 Å². The summed E-state index contributed by atoms with van der Waals surface area (Å²) in [6.07, 6.45) is 29.3. The molecular formula is C25H38O4. The van der Waals surface area contributed by atoms with E-state index in [2.05, 4.69) is 19.1 Å². The molecule has 29 heavy (non-hydrogen) atoms. The van der Waals surface area contributed by atoms with Crippen molar-refractivity contribution in [2.24, 2.45) is 0 Å². The van der Waals surface area contributed by atoms with Crippen molar-refractivity contribution in [1.82, 2.24) is 0 Å². The smallest absolute Gasteiger partial charge is 0.186 e. The van der Waals surface area contributed by atoms with Gasteiger partial charge in [-0.3, -0.25) is 4.79 Å². The summed E-state index contributed by atoms with van der Waals surface area (Å²) in [5, 5.41) is 27.2. The number of rotatable bonds is 17. The van der Waals surface area contributed by atoms with E-state index in [9.17, 15) is 9.90 Å². The Balaban J connectivity index is 3.82. The highest BCUT2D eigenvalue weighted by molar-refractivity contribution is 5.94. The van der Waals surface area contributed by atoms with Crippen LogP contribution in [-0.4, -0.2) is 39.9 Å². The third kappa shape index (κ3) is 17.8. The van der Waals surface area contributed by atoms with E-state index in [0.717, 1.165) is 12.5 Å². The molecule has 0 saturated carbocycles. The molecule has 4 heteroatoms. The van der Waals surface area contributed by atoms with Gasteiger partial charge in [0.05, 0.1) is 6.61 Å². The minimum absolute atomic E-state index is 0.648. The summed E-state index contributed by atoms with van der Waals surface area (Å²) in [5.41, 5.74) is 0. The first-order valence-electron chi connectivity index (χ1n) is 10.6. The summed E-state index contributed by atoms with van der Waals surface area (Å²) in [6.45, 7) is 1.59. The van der Waals surface area contributed by atoms with Crippen LogP contribution in [0.1, 0.15) is 58.3 Å². The minimum Gasteiger partial charge on any atom is -0.394 e. The lowest BCUT2D eigenvalue weighted by atomic mass is 10.1. The van der Waals surface area contributed by atoms with Crippen LogP contribution < -0.4 is 0 Å². The van der Waals surface area contributed by atoms with Crippen molar-refractivity contribution in [2.75, 3.05) is 6.61 Å². The zero-order chi connectivity index (χ0) is 21.6. The van der Waals surface area contributed by atoms with Crippen molar-refractivity contribution in [1.29, 1.82) is 0 Å². The summed E-state index contributed by atoms with van der Waals surface area (Å²) in [4.78, 5) is 11.4. The molecule has 4 nitrogen and oxygen atoms in total. The van der Waals surface area contributed by atoms with Crippen LogP contribution in [0.15, 0.2) is 72.9 Å². The van der Waals surface area contributed by atoms with Gasteiger partial charge in [0.2, 0.25) is 0 Å². The molecule has 2 unspecified atom stereocenters. The lowest BCUT2D eigenvalue weighted by Gasteiger charge is -2.11. The Labute approximate surface area is 176 Å². The molecule has 0 spiro atoms. The maximum Gasteiger partial charge on any atom is 0.186 e. The van der Waals surface area contributed by atoms with Gasteiger partial charge in [0.1, 0.15) is 12.2 Å². The van der Waals surface area contributed by atoms with Crippen LogP contribution in [0.4, 0.5) is 0 Å². The summed E-state index contributed by atoms with van der Waals surface area (Å²) >= 11 is 0. The molecule has 0 aliphatic rings. The van der Waals surface area contributed by atoms with Gasteiger partial charge in [-0.2, -0.15) is 0 Å². The van der Waals surface area contributed by atoms with E-state index >= 15 is 0 Å². The first kappa shape index (κ1) is 27.0. The van der Waals surface area contributed by atoms with Gasteiger partial charge in [-0.05, 0) is 18.9 Å². The summed E-state index contributed by atoms with van der Waals surface area (Å²) in [5.74, 6) is -0.648. The molecule has 0 rings (SSSR count). The zero-order valence-corrected chi connectivity index (χ0v) is 17.7. The van der Waals surface area contributed by atoms with Crippen LogP contribution in [0.25, 0.3) is 0 Å². The molecule has 0 bridgehead atoms. The Morgan fingerprint density at radius 3 is 1.76 bits per heavy atom. The highest BCUT2D eigenvalue weighted by Crippen LogP contribution is 2.08. The molecule has 3 N–H and O–H groups in total. The van der Waals surface area contributed by atoms with E-state index in [1.807, 2.05) is 36.5 Å². The Morgan fingerprint density at radius 2 is 1.21 bits per heavy atom. The Bertz CT molecular complexity index is 567. The van der Waals surface area contributed by atoms with Crippen LogP contribution in [-0.2, 0) is 4.79 Å². The summed E-state index contributed by atoms with van der Waals surface area (Å²) < 4.78 is 0. The normalized spacial score (nSPS) is 15.2. The number of aliphatic hydroxyl groups is 3. The molecule has 0 amide bonds. The molecule has 0 aromatic rings. The van der Waals surface area contributed by atoms with E-state index < -0.39 is 24.6 Å². The number of hydrogen-bond acceptors (Lipinski definition) is 4. The van der Waals surface area contributed by atoms with Crippen molar-refractivity contribution in [3.8, 4) is 0 Å². The first-order valence-corrected chi connectivity index (χ1v) is 10.6. The van der Waals surface area contributed by atoms with Crippen molar-refractivity contribution >= 4 is 5.78 Å². The number of hydrogen-bond donors (Lipinski definition) is 3. The topological polar surface area (TPSA) is 77.8 Å². The number of carbonyl (C=O) groups is 1. The second kappa shape index (κ2) is 20.7. The maximum atomic E-state index is 11.4. The van der Waals surface area contributed by atoms with Gasteiger partial charge in [-0.1, -0.05) is 112 Å². The second-order valence-electron chi connectivity index (χ2n) is 6.83. The number of carbonyl (C=O) groups excluding carboxylic acids is 1. The van der Waals surface area contributed by atoms with Crippen LogP contribution in [0.3, 0.4) is 0 Å². The largest absolute Gasteiger partial charge is 0.394 e. The molecule has 2 atom stereocenters. The van der Waals surface area contributed by atoms with Gasteiger partial charge in [-0.15, -0.1) is 0 Å². The Hall–Kier alpha value is -2.01. The molecule has 0 heterocycles. The lowest BCUT2D eigenvalue weighted by molar-refractivity contribution is -0.129. The van der Waals surface area contributed by atoms with Crippen molar-refractivity contribution in [3.63, 3.8) is 0 Å². The maximum absolute atomic E-state index is 11.4. The van der Waals surface area contributed by atoms with E-state index in [-0.39, 0.29) is 0 Å². The van der Waals surface area contributed by atoms with E-state index in [4.69, 9.17) is 10.2 Å². The fourth-order valence-electron chi connectivity index (χ4n) is 2.45. The fraction of sp³-hybridized carbons (Fsp3) is 0.480. The number of unbranched alkanes of at least 4 members (excludes halogenated alkanes) is 7. The molecule has 0 aliphatic carbocycles. The molecule has 0 radical (unpaired) electrons. The SMILES string of the molecule is CCCCCCCCC/C=C/C=C/C=C/C=C/C=C/C=C/C(=O)C(O)C(O)CO. The number of allylic oxidation sites excluding steroid dienone is 11. The molecule has 0 fully saturated rings. The lowest BCUT2D eigenvalue weighted by Crippen LogP contribution is -2.35. The minimum atomic E-state index is -1.60. The number of aliphatic hydroxyl groups excluding tert-OH is 3. The monoisotopic (exact) mass is 402 g/mol. The summed E-state index contributed by atoms with van der Waals surface area (Å²) in [6, 6.07) is 0. The highest BCUT2D eigenvalue weighted by atomic mass is 16.4. The standard InChI is InChI=1S/C25H38O4/c1-2-3-4-5-6-7-8-9-10-11-12-13-14-15-16-17-18-19-20-21-23(27)25(29)24(28)22-26/h10-21,24-26,28-29H,2-9,22H2,1H3/b11-10+,13-12+,15-14+,17-16+,19-18+,21-20+. The van der Waals surface area contributed by atoms with Crippen LogP contribution in [0.5, 0.6) is 0 Å². The van der Waals surface area contributed by atoms with Crippen LogP contribution >= 0.6 is 0 Å². The van der Waals surface area contributed by atoms with Gasteiger partial charge in [-0.25, -0.2) is 0 Å². The van der Waals surface area contributed by atoms with Gasteiger partial charge < -0.3 is 15.3 Å². The Morgan fingerprint density at radius 1 is 0.724 bits per heavy atom.